The second-order valence-electron chi connectivity index (χ2n) is 9.77. The van der Waals surface area contributed by atoms with Gasteiger partial charge in [0, 0.05) is 38.8 Å². The van der Waals surface area contributed by atoms with Gasteiger partial charge in [-0.15, -0.1) is 0 Å². The highest BCUT2D eigenvalue weighted by Gasteiger charge is 2.42. The summed E-state index contributed by atoms with van der Waals surface area (Å²) in [5.74, 6) is -0.355. The van der Waals surface area contributed by atoms with Crippen LogP contribution in [-0.2, 0) is 19.1 Å². The van der Waals surface area contributed by atoms with Gasteiger partial charge in [0.15, 0.2) is 5.17 Å². The highest BCUT2D eigenvalue weighted by atomic mass is 32.2. The van der Waals surface area contributed by atoms with Crippen LogP contribution >= 0.6 is 11.8 Å². The van der Waals surface area contributed by atoms with Crippen molar-refractivity contribution in [2.45, 2.75) is 60.1 Å². The SMILES string of the molecule is CC(=O)N1CCN(C(=O)CC2=CSC3=NC(C)=C(C(=O)OC(C)C)C(c4ccc(C)cc4C)N23)CC1. The lowest BCUT2D eigenvalue weighted by atomic mass is 9.90. The quantitative estimate of drug-likeness (QED) is 0.559. The summed E-state index contributed by atoms with van der Waals surface area (Å²) < 4.78 is 5.64. The number of rotatable bonds is 5. The van der Waals surface area contributed by atoms with E-state index in [2.05, 4.69) is 12.1 Å². The number of aryl methyl sites for hydroxylation is 2. The number of benzene rings is 1. The predicted octanol–water partition coefficient (Wildman–Crippen LogP) is 3.91. The molecule has 0 aliphatic carbocycles. The van der Waals surface area contributed by atoms with Gasteiger partial charge in [-0.3, -0.25) is 9.59 Å². The minimum Gasteiger partial charge on any atom is -0.459 e. The zero-order valence-electron chi connectivity index (χ0n) is 21.8. The maximum absolute atomic E-state index is 13.3. The fraction of sp³-hybridized carbons (Fsp3) is 0.481. The second kappa shape index (κ2) is 10.5. The van der Waals surface area contributed by atoms with Crippen LogP contribution in [0, 0.1) is 13.8 Å². The molecule has 1 unspecified atom stereocenters. The minimum absolute atomic E-state index is 0.00302. The first-order chi connectivity index (χ1) is 17.1. The van der Waals surface area contributed by atoms with Crippen LogP contribution in [0.3, 0.4) is 0 Å². The van der Waals surface area contributed by atoms with Gasteiger partial charge < -0.3 is 19.4 Å². The smallest absolute Gasteiger partial charge is 0.338 e. The van der Waals surface area contributed by atoms with Crippen LogP contribution in [0.5, 0.6) is 0 Å². The Labute approximate surface area is 217 Å². The number of carbonyl (C=O) groups is 3. The van der Waals surface area contributed by atoms with Gasteiger partial charge in [-0.25, -0.2) is 9.79 Å². The molecule has 36 heavy (non-hydrogen) atoms. The molecule has 0 radical (unpaired) electrons. The predicted molar refractivity (Wildman–Crippen MR) is 141 cm³/mol. The number of hydrogen-bond acceptors (Lipinski definition) is 7. The van der Waals surface area contributed by atoms with E-state index in [1.165, 1.54) is 11.8 Å². The Morgan fingerprint density at radius 3 is 2.36 bits per heavy atom. The molecular weight excluding hydrogens is 476 g/mol. The molecule has 1 saturated heterocycles. The van der Waals surface area contributed by atoms with Crippen LogP contribution in [0.2, 0.25) is 0 Å². The number of hydrogen-bond donors (Lipinski definition) is 0. The summed E-state index contributed by atoms with van der Waals surface area (Å²) in [4.78, 5) is 48.6. The summed E-state index contributed by atoms with van der Waals surface area (Å²) in [6, 6.07) is 5.76. The van der Waals surface area contributed by atoms with E-state index in [1.807, 2.05) is 55.9 Å². The molecule has 3 heterocycles. The van der Waals surface area contributed by atoms with E-state index in [1.54, 1.807) is 11.8 Å². The molecule has 3 aliphatic rings. The fourth-order valence-electron chi connectivity index (χ4n) is 4.87. The molecule has 8 nitrogen and oxygen atoms in total. The topological polar surface area (TPSA) is 82.5 Å². The third kappa shape index (κ3) is 5.21. The van der Waals surface area contributed by atoms with Crippen molar-refractivity contribution in [3.8, 4) is 0 Å². The van der Waals surface area contributed by atoms with Crippen molar-refractivity contribution in [2.75, 3.05) is 26.2 Å². The number of piperazine rings is 1. The molecule has 0 aromatic heterocycles. The summed E-state index contributed by atoms with van der Waals surface area (Å²) in [5, 5.41) is 2.71. The summed E-state index contributed by atoms with van der Waals surface area (Å²) >= 11 is 1.47. The maximum Gasteiger partial charge on any atom is 0.338 e. The van der Waals surface area contributed by atoms with Gasteiger partial charge in [0.1, 0.15) is 0 Å². The van der Waals surface area contributed by atoms with Crippen molar-refractivity contribution in [3.05, 3.63) is 57.3 Å². The maximum atomic E-state index is 13.3. The summed E-state index contributed by atoms with van der Waals surface area (Å²) in [6.07, 6.45) is -0.0693. The van der Waals surface area contributed by atoms with Crippen LogP contribution in [-0.4, -0.2) is 69.9 Å². The van der Waals surface area contributed by atoms with Crippen LogP contribution in [0.1, 0.15) is 56.8 Å². The Morgan fingerprint density at radius 1 is 1.08 bits per heavy atom. The number of thioether (sulfide) groups is 1. The standard InChI is InChI=1S/C27H34N4O4S/c1-16(2)35-26(34)24-19(5)28-27-31(25(24)22-8-7-17(3)13-18(22)4)21(15-36-27)14-23(33)30-11-9-29(10-12-30)20(6)32/h7-8,13,15-16,25H,9-12,14H2,1-6H3. The number of amides is 2. The highest BCUT2D eigenvalue weighted by molar-refractivity contribution is 8.16. The average molecular weight is 511 g/mol. The van der Waals surface area contributed by atoms with Gasteiger partial charge >= 0.3 is 5.97 Å². The first-order valence-corrected chi connectivity index (χ1v) is 13.2. The van der Waals surface area contributed by atoms with Crippen molar-refractivity contribution in [1.29, 1.82) is 0 Å². The molecule has 1 aromatic rings. The number of nitrogens with zero attached hydrogens (tertiary/aromatic N) is 4. The first kappa shape index (κ1) is 26.0. The average Bonchev–Trinajstić information content (AvgIpc) is 3.19. The Morgan fingerprint density at radius 2 is 1.75 bits per heavy atom. The zero-order chi connectivity index (χ0) is 26.1. The van der Waals surface area contributed by atoms with E-state index in [-0.39, 0.29) is 24.3 Å². The first-order valence-electron chi connectivity index (χ1n) is 12.3. The van der Waals surface area contributed by atoms with Gasteiger partial charge in [0.2, 0.25) is 11.8 Å². The van der Waals surface area contributed by atoms with E-state index in [9.17, 15) is 14.4 Å². The molecule has 1 fully saturated rings. The molecular formula is C27H34N4O4S. The lowest BCUT2D eigenvalue weighted by Gasteiger charge is -2.38. The van der Waals surface area contributed by atoms with Crippen LogP contribution in [0.25, 0.3) is 0 Å². The van der Waals surface area contributed by atoms with Crippen LogP contribution < -0.4 is 0 Å². The molecule has 0 bridgehead atoms. The molecule has 1 atom stereocenters. The number of allylic oxidation sites excluding steroid dienone is 1. The number of fused-ring (bicyclic) bond motifs is 1. The fourth-order valence-corrected chi connectivity index (χ4v) is 5.84. The third-order valence-electron chi connectivity index (χ3n) is 6.69. The van der Waals surface area contributed by atoms with Crippen molar-refractivity contribution < 1.29 is 19.1 Å². The van der Waals surface area contributed by atoms with E-state index < -0.39 is 12.0 Å². The van der Waals surface area contributed by atoms with E-state index in [0.29, 0.717) is 37.4 Å². The Kier molecular flexibility index (Phi) is 7.59. The third-order valence-corrected chi connectivity index (χ3v) is 7.58. The van der Waals surface area contributed by atoms with Crippen molar-refractivity contribution in [3.63, 3.8) is 0 Å². The molecule has 0 spiro atoms. The molecule has 2 amide bonds. The Hall–Kier alpha value is -3.07. The van der Waals surface area contributed by atoms with E-state index >= 15 is 0 Å². The van der Waals surface area contributed by atoms with Gasteiger partial charge in [-0.05, 0) is 51.2 Å². The summed E-state index contributed by atoms with van der Waals surface area (Å²) in [5.41, 5.74) is 5.12. The molecule has 1 aromatic carbocycles. The molecule has 3 aliphatic heterocycles. The normalized spacial score (nSPS) is 19.9. The van der Waals surface area contributed by atoms with Crippen molar-refractivity contribution in [1.82, 2.24) is 14.7 Å². The lowest BCUT2D eigenvalue weighted by molar-refractivity contribution is -0.143. The van der Waals surface area contributed by atoms with E-state index in [4.69, 9.17) is 9.73 Å². The summed E-state index contributed by atoms with van der Waals surface area (Å²) in [6.45, 7) is 13.3. The van der Waals surface area contributed by atoms with Crippen molar-refractivity contribution >= 4 is 34.7 Å². The Bertz CT molecular complexity index is 1180. The second-order valence-corrected chi connectivity index (χ2v) is 10.6. The lowest BCUT2D eigenvalue weighted by Crippen LogP contribution is -2.50. The van der Waals surface area contributed by atoms with Gasteiger partial charge in [-0.2, -0.15) is 0 Å². The van der Waals surface area contributed by atoms with Crippen LogP contribution in [0.15, 0.2) is 45.6 Å². The van der Waals surface area contributed by atoms with Gasteiger partial charge in [0.25, 0.3) is 0 Å². The van der Waals surface area contributed by atoms with Crippen LogP contribution in [0.4, 0.5) is 0 Å². The number of carbonyl (C=O) groups excluding carboxylic acids is 3. The number of amidine groups is 1. The van der Waals surface area contributed by atoms with Crippen molar-refractivity contribution in [2.24, 2.45) is 4.99 Å². The highest BCUT2D eigenvalue weighted by Crippen LogP contribution is 2.45. The molecule has 4 rings (SSSR count). The molecule has 192 valence electrons. The minimum atomic E-state index is -0.437. The number of ether oxygens (including phenoxy) is 1. The molecule has 0 N–H and O–H groups in total. The van der Waals surface area contributed by atoms with Gasteiger partial charge in [-0.1, -0.05) is 35.5 Å². The van der Waals surface area contributed by atoms with Gasteiger partial charge in [0.05, 0.1) is 29.8 Å². The largest absolute Gasteiger partial charge is 0.459 e. The number of esters is 1. The van der Waals surface area contributed by atoms with E-state index in [0.717, 1.165) is 27.6 Å². The number of aliphatic imine (C=N–C) groups is 1. The molecule has 9 heteroatoms. The Balaban J connectivity index is 1.65. The monoisotopic (exact) mass is 510 g/mol. The summed E-state index contributed by atoms with van der Waals surface area (Å²) in [7, 11) is 0. The molecule has 0 saturated carbocycles. The zero-order valence-corrected chi connectivity index (χ0v) is 22.6.